The normalized spacial score (nSPS) is 20.4. The molecule has 2 aromatic rings. The first-order valence-corrected chi connectivity index (χ1v) is 9.03. The molecule has 2 aromatic carbocycles. The predicted octanol–water partition coefficient (Wildman–Crippen LogP) is 3.73. The van der Waals surface area contributed by atoms with E-state index in [4.69, 9.17) is 21.7 Å². The average Bonchev–Trinajstić information content (AvgIpc) is 2.65. The number of ether oxygens (including phenoxy) is 2. The van der Waals surface area contributed by atoms with Gasteiger partial charge in [0.1, 0.15) is 0 Å². The van der Waals surface area contributed by atoms with Crippen molar-refractivity contribution >= 4 is 28.9 Å². The molecule has 26 heavy (non-hydrogen) atoms. The van der Waals surface area contributed by atoms with Gasteiger partial charge in [0.05, 0.1) is 6.04 Å². The quantitative estimate of drug-likeness (QED) is 0.477. The number of β-lactam (4-membered cyclic amide) rings is 1. The molecule has 1 heterocycles. The third kappa shape index (κ3) is 3.93. The number of nitrogens with one attached hydrogen (secondary N) is 1. The fourth-order valence-corrected chi connectivity index (χ4v) is 3.30. The number of nitrogens with zero attached hydrogens (tertiary/aromatic N) is 1. The van der Waals surface area contributed by atoms with Gasteiger partial charge in [-0.3, -0.25) is 9.69 Å². The molecule has 1 saturated heterocycles. The van der Waals surface area contributed by atoms with Crippen LogP contribution < -0.4 is 5.32 Å². The van der Waals surface area contributed by atoms with Crippen molar-refractivity contribution < 1.29 is 14.3 Å². The van der Waals surface area contributed by atoms with Crippen LogP contribution in [0.5, 0.6) is 0 Å². The molecule has 1 fully saturated rings. The summed E-state index contributed by atoms with van der Waals surface area (Å²) in [7, 11) is 0. The van der Waals surface area contributed by atoms with Crippen molar-refractivity contribution in [3.8, 4) is 0 Å². The van der Waals surface area contributed by atoms with Crippen molar-refractivity contribution in [2.45, 2.75) is 32.3 Å². The lowest BCUT2D eigenvalue weighted by molar-refractivity contribution is -0.206. The Balaban J connectivity index is 1.79. The highest BCUT2D eigenvalue weighted by Crippen LogP contribution is 2.38. The lowest BCUT2D eigenvalue weighted by atomic mass is 9.91. The maximum atomic E-state index is 12.7. The van der Waals surface area contributed by atoms with E-state index in [1.807, 2.05) is 67.6 Å². The molecule has 1 aliphatic rings. The van der Waals surface area contributed by atoms with Crippen LogP contribution in [0.4, 0.5) is 5.69 Å². The van der Waals surface area contributed by atoms with Gasteiger partial charge in [0.25, 0.3) is 5.91 Å². The maximum Gasteiger partial charge on any atom is 0.261 e. The van der Waals surface area contributed by atoms with Gasteiger partial charge in [-0.05, 0) is 43.8 Å². The molecule has 3 atom stereocenters. The van der Waals surface area contributed by atoms with Crippen LogP contribution in [0, 0.1) is 0 Å². The molecule has 0 aromatic heterocycles. The Labute approximate surface area is 158 Å². The molecule has 1 amide bonds. The van der Waals surface area contributed by atoms with E-state index >= 15 is 0 Å². The number of benzene rings is 2. The van der Waals surface area contributed by atoms with E-state index in [1.165, 1.54) is 0 Å². The van der Waals surface area contributed by atoms with E-state index in [1.54, 1.807) is 11.8 Å². The predicted molar refractivity (Wildman–Crippen MR) is 105 cm³/mol. The van der Waals surface area contributed by atoms with Gasteiger partial charge in [0.15, 0.2) is 17.5 Å². The summed E-state index contributed by atoms with van der Waals surface area (Å²) >= 11 is 5.49. The number of carbonyl (C=O) groups excluding carboxylic acids is 1. The molecule has 136 valence electrons. The molecular formula is C20H22N2O3S. The van der Waals surface area contributed by atoms with Crippen LogP contribution in [-0.4, -0.2) is 34.9 Å². The number of amides is 1. The van der Waals surface area contributed by atoms with E-state index in [9.17, 15) is 4.79 Å². The zero-order valence-corrected chi connectivity index (χ0v) is 15.6. The van der Waals surface area contributed by atoms with Gasteiger partial charge in [-0.2, -0.15) is 0 Å². The molecule has 0 saturated carbocycles. The van der Waals surface area contributed by atoms with Crippen molar-refractivity contribution in [2.75, 3.05) is 11.9 Å². The molecule has 1 unspecified atom stereocenters. The lowest BCUT2D eigenvalue weighted by Crippen LogP contribution is -2.63. The van der Waals surface area contributed by atoms with E-state index in [0.717, 1.165) is 11.3 Å². The third-order valence-electron chi connectivity index (χ3n) is 4.17. The largest absolute Gasteiger partial charge is 0.353 e. The minimum atomic E-state index is -0.616. The summed E-state index contributed by atoms with van der Waals surface area (Å²) < 4.78 is 11.3. The minimum absolute atomic E-state index is 0.168. The van der Waals surface area contributed by atoms with E-state index in [2.05, 4.69) is 5.32 Å². The summed E-state index contributed by atoms with van der Waals surface area (Å²) in [6.07, 6.45) is -1.08. The van der Waals surface area contributed by atoms with Crippen molar-refractivity contribution in [2.24, 2.45) is 0 Å². The summed E-state index contributed by atoms with van der Waals surface area (Å²) in [5.41, 5.74) is 1.81. The Morgan fingerprint density at radius 3 is 2.38 bits per heavy atom. The zero-order valence-electron chi connectivity index (χ0n) is 14.8. The van der Waals surface area contributed by atoms with E-state index < -0.39 is 12.4 Å². The Morgan fingerprint density at radius 2 is 1.77 bits per heavy atom. The van der Waals surface area contributed by atoms with Crippen LogP contribution in [0.15, 0.2) is 60.7 Å². The monoisotopic (exact) mass is 370 g/mol. The zero-order chi connectivity index (χ0) is 18.5. The van der Waals surface area contributed by atoms with Gasteiger partial charge >= 0.3 is 0 Å². The molecule has 1 N–H and O–H groups in total. The summed E-state index contributed by atoms with van der Waals surface area (Å²) in [6, 6.07) is 19.0. The van der Waals surface area contributed by atoms with Crippen molar-refractivity contribution in [1.29, 1.82) is 0 Å². The topological polar surface area (TPSA) is 50.8 Å². The van der Waals surface area contributed by atoms with Gasteiger partial charge < -0.3 is 14.8 Å². The van der Waals surface area contributed by atoms with E-state index in [0.29, 0.717) is 11.7 Å². The number of likely N-dealkylation sites (tertiary alicyclic amines) is 1. The van der Waals surface area contributed by atoms with Crippen LogP contribution in [0.1, 0.15) is 25.5 Å². The Hall–Kier alpha value is -2.28. The first kappa shape index (κ1) is 18.5. The molecule has 5 nitrogen and oxygen atoms in total. The first-order valence-electron chi connectivity index (χ1n) is 8.63. The molecule has 1 aliphatic heterocycles. The lowest BCUT2D eigenvalue weighted by Gasteiger charge is -2.47. The number of hydrogen-bond acceptors (Lipinski definition) is 4. The highest BCUT2D eigenvalue weighted by molar-refractivity contribution is 7.80. The van der Waals surface area contributed by atoms with Gasteiger partial charge in [-0.15, -0.1) is 0 Å². The second-order valence-corrected chi connectivity index (χ2v) is 6.33. The second kappa shape index (κ2) is 8.40. The molecule has 0 radical (unpaired) electrons. The number of rotatable bonds is 6. The second-order valence-electron chi connectivity index (χ2n) is 5.94. The van der Waals surface area contributed by atoms with Gasteiger partial charge in [-0.25, -0.2) is 0 Å². The Bertz CT molecular complexity index is 754. The first-order chi connectivity index (χ1) is 12.6. The standard InChI is InChI=1S/C20H22N2O3S/c1-3-24-14(2)25-18-17(15-10-6-4-7-11-15)22(19(18)23)20(26)21-16-12-8-5-9-13-16/h4-14,17-18H,3H2,1-2H3,(H,21,26)/t14?,17-,18+/m0/s1. The van der Waals surface area contributed by atoms with Crippen molar-refractivity contribution in [3.63, 3.8) is 0 Å². The maximum absolute atomic E-state index is 12.7. The molecule has 0 aliphatic carbocycles. The number of para-hydroxylation sites is 1. The SMILES string of the molecule is CCOC(C)O[C@H]1C(=O)N(C(=S)Nc2ccccc2)[C@H]1c1ccccc1. The number of thiocarbonyl (C=S) groups is 1. The van der Waals surface area contributed by atoms with Gasteiger partial charge in [0.2, 0.25) is 0 Å². The Kier molecular flexibility index (Phi) is 5.98. The summed E-state index contributed by atoms with van der Waals surface area (Å²) in [6.45, 7) is 4.21. The van der Waals surface area contributed by atoms with Crippen LogP contribution >= 0.6 is 12.2 Å². The number of anilines is 1. The van der Waals surface area contributed by atoms with Crippen LogP contribution in [-0.2, 0) is 14.3 Å². The average molecular weight is 370 g/mol. The third-order valence-corrected chi connectivity index (χ3v) is 4.47. The van der Waals surface area contributed by atoms with Gasteiger partial charge in [0, 0.05) is 12.3 Å². The van der Waals surface area contributed by atoms with Gasteiger partial charge in [-0.1, -0.05) is 48.5 Å². The van der Waals surface area contributed by atoms with Crippen molar-refractivity contribution in [3.05, 3.63) is 66.2 Å². The smallest absolute Gasteiger partial charge is 0.261 e. The molecule has 6 heteroatoms. The fraction of sp³-hybridized carbons (Fsp3) is 0.300. The highest BCUT2D eigenvalue weighted by Gasteiger charge is 2.51. The number of hydrogen-bond donors (Lipinski definition) is 1. The molecular weight excluding hydrogens is 348 g/mol. The Morgan fingerprint density at radius 1 is 1.15 bits per heavy atom. The summed E-state index contributed by atoms with van der Waals surface area (Å²) in [5, 5.41) is 3.48. The van der Waals surface area contributed by atoms with Crippen LogP contribution in [0.25, 0.3) is 0 Å². The molecule has 3 rings (SSSR count). The summed E-state index contributed by atoms with van der Waals surface area (Å²) in [4.78, 5) is 14.3. The molecule has 0 spiro atoms. The highest BCUT2D eigenvalue weighted by atomic mass is 32.1. The molecule has 0 bridgehead atoms. The summed E-state index contributed by atoms with van der Waals surface area (Å²) in [5.74, 6) is -0.168. The van der Waals surface area contributed by atoms with E-state index in [-0.39, 0.29) is 11.9 Å². The van der Waals surface area contributed by atoms with Crippen LogP contribution in [0.3, 0.4) is 0 Å². The fourth-order valence-electron chi connectivity index (χ4n) is 2.98. The number of carbonyl (C=O) groups is 1. The minimum Gasteiger partial charge on any atom is -0.353 e. The van der Waals surface area contributed by atoms with Crippen molar-refractivity contribution in [1.82, 2.24) is 4.90 Å². The van der Waals surface area contributed by atoms with Crippen LogP contribution in [0.2, 0.25) is 0 Å².